The van der Waals surface area contributed by atoms with Crippen LogP contribution in [0.5, 0.6) is 0 Å². The van der Waals surface area contributed by atoms with Gasteiger partial charge in [0.2, 0.25) is 0 Å². The molecule has 0 bridgehead atoms. The minimum absolute atomic E-state index is 0.199. The van der Waals surface area contributed by atoms with Crippen LogP contribution in [0.1, 0.15) is 5.56 Å². The molecular formula is C17H12N2O4S. The van der Waals surface area contributed by atoms with Gasteiger partial charge in [-0.05, 0) is 23.9 Å². The van der Waals surface area contributed by atoms with E-state index in [0.717, 1.165) is 33.1 Å². The molecule has 0 atom stereocenters. The van der Waals surface area contributed by atoms with Gasteiger partial charge < -0.3 is 9.67 Å². The van der Waals surface area contributed by atoms with E-state index in [1.165, 1.54) is 0 Å². The summed E-state index contributed by atoms with van der Waals surface area (Å²) in [6.07, 6.45) is 8.79. The smallest absolute Gasteiger partial charge is 0.323 e. The second kappa shape index (κ2) is 6.26. The first-order valence-electron chi connectivity index (χ1n) is 6.99. The van der Waals surface area contributed by atoms with Gasteiger partial charge in [-0.25, -0.2) is 0 Å². The molecule has 0 saturated carbocycles. The Labute approximate surface area is 141 Å². The molecule has 1 saturated heterocycles. The van der Waals surface area contributed by atoms with E-state index in [4.69, 9.17) is 11.5 Å². The number of rotatable bonds is 4. The Bertz CT molecular complexity index is 936. The van der Waals surface area contributed by atoms with Crippen molar-refractivity contribution in [1.82, 2.24) is 9.47 Å². The number of carbonyl (C=O) groups excluding carboxylic acids is 2. The number of hydrogen-bond acceptors (Lipinski definition) is 4. The normalized spacial score (nSPS) is 16.1. The third-order valence-corrected chi connectivity index (χ3v) is 4.44. The molecule has 1 aromatic heterocycles. The van der Waals surface area contributed by atoms with Gasteiger partial charge in [-0.15, -0.1) is 6.42 Å². The highest BCUT2D eigenvalue weighted by molar-refractivity contribution is 8.18. The van der Waals surface area contributed by atoms with Gasteiger partial charge in [0.05, 0.1) is 11.4 Å². The molecule has 2 heterocycles. The van der Waals surface area contributed by atoms with Crippen LogP contribution in [0.2, 0.25) is 0 Å². The Morgan fingerprint density at radius 2 is 2.08 bits per heavy atom. The number of imide groups is 1. The summed E-state index contributed by atoms with van der Waals surface area (Å²) in [5.74, 6) is 0.742. The molecule has 2 amide bonds. The highest BCUT2D eigenvalue weighted by atomic mass is 32.2. The van der Waals surface area contributed by atoms with Gasteiger partial charge in [0.25, 0.3) is 11.1 Å². The number of benzene rings is 1. The maximum absolute atomic E-state index is 12.2. The number of hydrogen-bond donors (Lipinski definition) is 1. The first-order chi connectivity index (χ1) is 11.5. The molecule has 0 unspecified atom stereocenters. The number of fused-ring (bicyclic) bond motifs is 1. The molecule has 24 heavy (non-hydrogen) atoms. The molecule has 1 N–H and O–H groups in total. The van der Waals surface area contributed by atoms with E-state index < -0.39 is 23.7 Å². The summed E-state index contributed by atoms with van der Waals surface area (Å²) >= 11 is 0.735. The zero-order valence-corrected chi connectivity index (χ0v) is 13.2. The van der Waals surface area contributed by atoms with Crippen LogP contribution in [-0.2, 0) is 16.1 Å². The van der Waals surface area contributed by atoms with Crippen molar-refractivity contribution in [2.24, 2.45) is 0 Å². The Kier molecular flexibility index (Phi) is 4.15. The maximum atomic E-state index is 12.2. The van der Waals surface area contributed by atoms with Crippen LogP contribution in [-0.4, -0.2) is 38.2 Å². The average molecular weight is 340 g/mol. The number of aliphatic carboxylic acids is 1. The standard InChI is InChI=1S/C17H12N2O4S/c1-2-7-18-9-11(12-5-3-4-6-13(12)18)8-14-16(22)19(10-15(20)21)17(23)24-14/h1,3-6,8-9H,7,10H2,(H,20,21)/b14-8+. The number of thioether (sulfide) groups is 1. The molecule has 2 aromatic rings. The van der Waals surface area contributed by atoms with Crippen molar-refractivity contribution < 1.29 is 19.5 Å². The van der Waals surface area contributed by atoms with E-state index in [9.17, 15) is 14.4 Å². The number of terminal acetylenes is 1. The van der Waals surface area contributed by atoms with E-state index in [1.54, 1.807) is 6.08 Å². The lowest BCUT2D eigenvalue weighted by Gasteiger charge is -2.07. The maximum Gasteiger partial charge on any atom is 0.323 e. The molecule has 6 nitrogen and oxygen atoms in total. The van der Waals surface area contributed by atoms with Crippen molar-refractivity contribution in [2.75, 3.05) is 6.54 Å². The molecule has 120 valence electrons. The van der Waals surface area contributed by atoms with Crippen molar-refractivity contribution in [3.8, 4) is 12.3 Å². The summed E-state index contributed by atoms with van der Waals surface area (Å²) in [5, 5.41) is 9.11. The number of aromatic nitrogens is 1. The lowest BCUT2D eigenvalue weighted by molar-refractivity contribution is -0.140. The van der Waals surface area contributed by atoms with Crippen LogP contribution in [0.15, 0.2) is 35.4 Å². The molecule has 7 heteroatoms. The summed E-state index contributed by atoms with van der Waals surface area (Å²) in [6.45, 7) is -0.254. The van der Waals surface area contributed by atoms with Crippen molar-refractivity contribution in [2.45, 2.75) is 6.54 Å². The van der Waals surface area contributed by atoms with E-state index in [1.807, 2.05) is 35.0 Å². The predicted molar refractivity (Wildman–Crippen MR) is 91.1 cm³/mol. The predicted octanol–water partition coefficient (Wildman–Crippen LogP) is 2.40. The summed E-state index contributed by atoms with van der Waals surface area (Å²) in [6, 6.07) is 7.58. The average Bonchev–Trinajstić information content (AvgIpc) is 3.01. The van der Waals surface area contributed by atoms with E-state index >= 15 is 0 Å². The number of para-hydroxylation sites is 1. The summed E-state index contributed by atoms with van der Waals surface area (Å²) < 4.78 is 1.88. The topological polar surface area (TPSA) is 79.6 Å². The molecule has 1 aliphatic heterocycles. The van der Waals surface area contributed by atoms with E-state index in [2.05, 4.69) is 5.92 Å². The van der Waals surface area contributed by atoms with Crippen LogP contribution in [0.4, 0.5) is 4.79 Å². The van der Waals surface area contributed by atoms with Gasteiger partial charge in [0, 0.05) is 22.7 Å². The van der Waals surface area contributed by atoms with Gasteiger partial charge in [0.1, 0.15) is 6.54 Å². The Morgan fingerprint density at radius 3 is 2.79 bits per heavy atom. The van der Waals surface area contributed by atoms with Crippen LogP contribution in [0.3, 0.4) is 0 Å². The van der Waals surface area contributed by atoms with Crippen LogP contribution in [0, 0.1) is 12.3 Å². The SMILES string of the molecule is C#CCn1cc(/C=C2/SC(=O)N(CC(=O)O)C2=O)c2ccccc21. The Hall–Kier alpha value is -2.98. The summed E-state index contributed by atoms with van der Waals surface area (Å²) in [4.78, 5) is 35.7. The Morgan fingerprint density at radius 1 is 1.33 bits per heavy atom. The van der Waals surface area contributed by atoms with Crippen molar-refractivity contribution >= 4 is 45.9 Å². The fourth-order valence-corrected chi connectivity index (χ4v) is 3.36. The Balaban J connectivity index is 2.02. The van der Waals surface area contributed by atoms with Crippen LogP contribution in [0.25, 0.3) is 17.0 Å². The second-order valence-corrected chi connectivity index (χ2v) is 6.09. The van der Waals surface area contributed by atoms with Crippen molar-refractivity contribution in [3.05, 3.63) is 40.9 Å². The number of carbonyl (C=O) groups is 3. The molecule has 0 spiro atoms. The zero-order valence-electron chi connectivity index (χ0n) is 12.4. The number of carboxylic acids is 1. The zero-order chi connectivity index (χ0) is 17.3. The largest absolute Gasteiger partial charge is 0.480 e. The highest BCUT2D eigenvalue weighted by Gasteiger charge is 2.36. The quantitative estimate of drug-likeness (QED) is 0.683. The molecular weight excluding hydrogens is 328 g/mol. The molecule has 0 radical (unpaired) electrons. The van der Waals surface area contributed by atoms with Gasteiger partial charge in [-0.1, -0.05) is 24.1 Å². The van der Waals surface area contributed by atoms with Gasteiger partial charge >= 0.3 is 5.97 Å². The van der Waals surface area contributed by atoms with E-state index in [0.29, 0.717) is 6.54 Å². The first kappa shape index (κ1) is 15.9. The lowest BCUT2D eigenvalue weighted by Crippen LogP contribution is -2.33. The summed E-state index contributed by atoms with van der Waals surface area (Å²) in [5.41, 5.74) is 1.67. The molecule has 1 aliphatic rings. The molecule has 0 aliphatic carbocycles. The molecule has 1 aromatic carbocycles. The van der Waals surface area contributed by atoms with Crippen molar-refractivity contribution in [3.63, 3.8) is 0 Å². The van der Waals surface area contributed by atoms with E-state index in [-0.39, 0.29) is 4.91 Å². The summed E-state index contributed by atoms with van der Waals surface area (Å²) in [7, 11) is 0. The monoisotopic (exact) mass is 340 g/mol. The third-order valence-electron chi connectivity index (χ3n) is 3.53. The van der Waals surface area contributed by atoms with Gasteiger partial charge in [-0.3, -0.25) is 19.3 Å². The van der Waals surface area contributed by atoms with Gasteiger partial charge in [-0.2, -0.15) is 0 Å². The number of carboxylic acid groups (broad SMARTS) is 1. The fourth-order valence-electron chi connectivity index (χ4n) is 2.53. The molecule has 1 fully saturated rings. The minimum atomic E-state index is -1.23. The highest BCUT2D eigenvalue weighted by Crippen LogP contribution is 2.33. The lowest BCUT2D eigenvalue weighted by atomic mass is 10.1. The number of nitrogens with zero attached hydrogens (tertiary/aromatic N) is 2. The van der Waals surface area contributed by atoms with Crippen LogP contribution < -0.4 is 0 Å². The molecule has 3 rings (SSSR count). The van der Waals surface area contributed by atoms with Crippen molar-refractivity contribution in [1.29, 1.82) is 0 Å². The first-order valence-corrected chi connectivity index (χ1v) is 7.81. The second-order valence-electron chi connectivity index (χ2n) is 5.10. The minimum Gasteiger partial charge on any atom is -0.480 e. The fraction of sp³-hybridized carbons (Fsp3) is 0.118. The van der Waals surface area contributed by atoms with Gasteiger partial charge in [0.15, 0.2) is 0 Å². The van der Waals surface area contributed by atoms with Crippen LogP contribution >= 0.6 is 11.8 Å². The number of amides is 2. The third kappa shape index (κ3) is 2.79.